The second-order valence-electron chi connectivity index (χ2n) is 5.00. The van der Waals surface area contributed by atoms with E-state index in [1.54, 1.807) is 4.68 Å². The molecule has 1 aromatic carbocycles. The lowest BCUT2D eigenvalue weighted by Crippen LogP contribution is -1.95. The van der Waals surface area contributed by atoms with Gasteiger partial charge in [0.15, 0.2) is 5.65 Å². The molecule has 0 fully saturated rings. The first-order valence-corrected chi connectivity index (χ1v) is 6.53. The van der Waals surface area contributed by atoms with Crippen molar-refractivity contribution in [3.05, 3.63) is 30.2 Å². The molecule has 0 spiro atoms. The summed E-state index contributed by atoms with van der Waals surface area (Å²) in [6.07, 6.45) is 1.45. The number of fused-ring (bicyclic) bond motifs is 2. The molecule has 0 atom stereocenters. The fraction of sp³-hybridized carbons (Fsp3) is 0.143. The molecule has 4 aromatic rings. The molecule has 21 heavy (non-hydrogen) atoms. The van der Waals surface area contributed by atoms with Crippen LogP contribution in [0.15, 0.2) is 24.5 Å². The molecule has 0 amide bonds. The first-order chi connectivity index (χ1) is 10.1. The van der Waals surface area contributed by atoms with Crippen molar-refractivity contribution in [2.24, 2.45) is 7.05 Å². The number of aromatic amines is 1. The summed E-state index contributed by atoms with van der Waals surface area (Å²) >= 11 is 0. The number of hydrogen-bond acceptors (Lipinski definition) is 5. The Bertz CT molecular complexity index is 980. The van der Waals surface area contributed by atoms with Gasteiger partial charge in [0.05, 0.1) is 16.6 Å². The number of nitrogens with one attached hydrogen (secondary N) is 1. The monoisotopic (exact) mass is 279 g/mol. The van der Waals surface area contributed by atoms with Crippen molar-refractivity contribution in [1.29, 1.82) is 0 Å². The molecule has 4 rings (SSSR count). The van der Waals surface area contributed by atoms with E-state index in [0.717, 1.165) is 38.9 Å². The molecule has 0 saturated carbocycles. The van der Waals surface area contributed by atoms with Gasteiger partial charge in [0.2, 0.25) is 0 Å². The van der Waals surface area contributed by atoms with Gasteiger partial charge in [-0.25, -0.2) is 14.6 Å². The van der Waals surface area contributed by atoms with E-state index in [2.05, 4.69) is 25.3 Å². The van der Waals surface area contributed by atoms with Crippen LogP contribution in [-0.4, -0.2) is 29.9 Å². The number of H-pyrrole nitrogens is 1. The van der Waals surface area contributed by atoms with Gasteiger partial charge in [0, 0.05) is 18.0 Å². The normalized spacial score (nSPS) is 11.5. The fourth-order valence-electron chi connectivity index (χ4n) is 2.62. The van der Waals surface area contributed by atoms with Crippen LogP contribution in [0.3, 0.4) is 0 Å². The number of aromatic nitrogens is 6. The summed E-state index contributed by atoms with van der Waals surface area (Å²) in [5.41, 5.74) is 10.4. The van der Waals surface area contributed by atoms with Gasteiger partial charge in [-0.2, -0.15) is 10.2 Å². The Kier molecular flexibility index (Phi) is 2.26. The third-order valence-corrected chi connectivity index (χ3v) is 3.68. The van der Waals surface area contributed by atoms with Gasteiger partial charge in [0.1, 0.15) is 17.8 Å². The second-order valence-corrected chi connectivity index (χ2v) is 5.00. The number of anilines is 1. The highest BCUT2D eigenvalue weighted by atomic mass is 15.3. The predicted octanol–water partition coefficient (Wildman–Crippen LogP) is 1.80. The number of benzene rings is 1. The molecule has 0 aliphatic heterocycles. The van der Waals surface area contributed by atoms with Crippen LogP contribution in [0.2, 0.25) is 0 Å². The summed E-state index contributed by atoms with van der Waals surface area (Å²) in [5, 5.41) is 13.6. The van der Waals surface area contributed by atoms with Crippen LogP contribution in [0, 0.1) is 6.92 Å². The predicted molar refractivity (Wildman–Crippen MR) is 80.5 cm³/mol. The maximum absolute atomic E-state index is 6.00. The van der Waals surface area contributed by atoms with Crippen molar-refractivity contribution in [2.45, 2.75) is 6.92 Å². The second kappa shape index (κ2) is 4.02. The van der Waals surface area contributed by atoms with Gasteiger partial charge in [-0.15, -0.1) is 0 Å². The van der Waals surface area contributed by atoms with Gasteiger partial charge in [-0.1, -0.05) is 12.1 Å². The molecule has 3 N–H and O–H groups in total. The Morgan fingerprint density at radius 1 is 1.24 bits per heavy atom. The first kappa shape index (κ1) is 11.8. The zero-order valence-corrected chi connectivity index (χ0v) is 11.6. The lowest BCUT2D eigenvalue weighted by atomic mass is 10.1. The minimum atomic E-state index is 0.434. The third kappa shape index (κ3) is 1.60. The van der Waals surface area contributed by atoms with Crippen LogP contribution in [0.5, 0.6) is 0 Å². The Labute approximate surface area is 119 Å². The summed E-state index contributed by atoms with van der Waals surface area (Å²) in [7, 11) is 1.84. The zero-order valence-electron chi connectivity index (χ0n) is 11.6. The van der Waals surface area contributed by atoms with Crippen LogP contribution in [0.1, 0.15) is 5.69 Å². The van der Waals surface area contributed by atoms with Crippen molar-refractivity contribution >= 4 is 27.8 Å². The topological polar surface area (TPSA) is 98.3 Å². The average molecular weight is 279 g/mol. The number of rotatable bonds is 1. The number of nitrogens with two attached hydrogens (primary N) is 1. The maximum Gasteiger partial charge on any atom is 0.163 e. The number of nitrogen functional groups attached to an aromatic ring is 1. The molecule has 0 unspecified atom stereocenters. The minimum absolute atomic E-state index is 0.434. The minimum Gasteiger partial charge on any atom is -0.383 e. The molecule has 0 saturated heterocycles. The Morgan fingerprint density at radius 2 is 2.10 bits per heavy atom. The van der Waals surface area contributed by atoms with E-state index >= 15 is 0 Å². The summed E-state index contributed by atoms with van der Waals surface area (Å²) in [5.74, 6) is 0.434. The Morgan fingerprint density at radius 3 is 2.95 bits per heavy atom. The lowest BCUT2D eigenvalue weighted by Gasteiger charge is -2.00. The number of aryl methyl sites for hydroxylation is 2. The molecule has 0 bridgehead atoms. The summed E-state index contributed by atoms with van der Waals surface area (Å²) in [6, 6.07) is 6.06. The van der Waals surface area contributed by atoms with E-state index in [0.29, 0.717) is 5.82 Å². The van der Waals surface area contributed by atoms with Crippen molar-refractivity contribution < 1.29 is 0 Å². The third-order valence-electron chi connectivity index (χ3n) is 3.68. The standard InChI is InChI=1S/C14H13N7/c1-7-9-4-3-8(5-10(9)19-18-7)12-11-13(15)16-6-17-14(11)21(2)20-12/h3-6H,1-2H3,(H,18,19)(H2,15,16,17). The van der Waals surface area contributed by atoms with E-state index in [9.17, 15) is 0 Å². The summed E-state index contributed by atoms with van der Waals surface area (Å²) < 4.78 is 1.71. The quantitative estimate of drug-likeness (QED) is 0.553. The highest BCUT2D eigenvalue weighted by molar-refractivity contribution is 5.99. The average Bonchev–Trinajstić information content (AvgIpc) is 3.01. The van der Waals surface area contributed by atoms with E-state index < -0.39 is 0 Å². The van der Waals surface area contributed by atoms with Crippen LogP contribution in [0.4, 0.5) is 5.82 Å². The number of nitrogens with zero attached hydrogens (tertiary/aromatic N) is 5. The number of hydrogen-bond donors (Lipinski definition) is 2. The molecule has 0 aliphatic rings. The van der Waals surface area contributed by atoms with Crippen molar-refractivity contribution in [1.82, 2.24) is 29.9 Å². The largest absolute Gasteiger partial charge is 0.383 e. The van der Waals surface area contributed by atoms with Crippen LogP contribution >= 0.6 is 0 Å². The van der Waals surface area contributed by atoms with Gasteiger partial charge in [-0.05, 0) is 13.0 Å². The highest BCUT2D eigenvalue weighted by Gasteiger charge is 2.16. The van der Waals surface area contributed by atoms with Gasteiger partial charge < -0.3 is 5.73 Å². The molecule has 3 heterocycles. The van der Waals surface area contributed by atoms with Crippen LogP contribution < -0.4 is 5.73 Å². The van der Waals surface area contributed by atoms with E-state index in [1.165, 1.54) is 6.33 Å². The van der Waals surface area contributed by atoms with Crippen LogP contribution in [0.25, 0.3) is 33.2 Å². The van der Waals surface area contributed by atoms with Gasteiger partial charge >= 0.3 is 0 Å². The van der Waals surface area contributed by atoms with Crippen LogP contribution in [-0.2, 0) is 7.05 Å². The summed E-state index contributed by atoms with van der Waals surface area (Å²) in [6.45, 7) is 1.97. The molecule has 104 valence electrons. The molecule has 0 aliphatic carbocycles. The Hall–Kier alpha value is -2.96. The van der Waals surface area contributed by atoms with Crippen molar-refractivity contribution in [3.8, 4) is 11.3 Å². The molecule has 0 radical (unpaired) electrons. The molecular weight excluding hydrogens is 266 g/mol. The molecular formula is C14H13N7. The summed E-state index contributed by atoms with van der Waals surface area (Å²) in [4.78, 5) is 8.31. The van der Waals surface area contributed by atoms with E-state index in [1.807, 2.05) is 32.2 Å². The zero-order chi connectivity index (χ0) is 14.6. The molecule has 3 aromatic heterocycles. The first-order valence-electron chi connectivity index (χ1n) is 6.53. The highest BCUT2D eigenvalue weighted by Crippen LogP contribution is 2.31. The van der Waals surface area contributed by atoms with Gasteiger partial charge in [-0.3, -0.25) is 5.10 Å². The van der Waals surface area contributed by atoms with Gasteiger partial charge in [0.25, 0.3) is 0 Å². The smallest absolute Gasteiger partial charge is 0.163 e. The molecule has 7 nitrogen and oxygen atoms in total. The molecule has 7 heteroatoms. The lowest BCUT2D eigenvalue weighted by molar-refractivity contribution is 0.789. The Balaban J connectivity index is 2.04. The SMILES string of the molecule is Cc1n[nH]c2cc(-c3nn(C)c4ncnc(N)c34)ccc12. The van der Waals surface area contributed by atoms with E-state index in [4.69, 9.17) is 5.73 Å². The van der Waals surface area contributed by atoms with E-state index in [-0.39, 0.29) is 0 Å². The van der Waals surface area contributed by atoms with Crippen molar-refractivity contribution in [3.63, 3.8) is 0 Å². The maximum atomic E-state index is 6.00. The fourth-order valence-corrected chi connectivity index (χ4v) is 2.62. The van der Waals surface area contributed by atoms with Crippen molar-refractivity contribution in [2.75, 3.05) is 5.73 Å².